The van der Waals surface area contributed by atoms with Crippen LogP contribution in [0.4, 0.5) is 24.5 Å². The van der Waals surface area contributed by atoms with E-state index in [0.717, 1.165) is 17.7 Å². The van der Waals surface area contributed by atoms with Gasteiger partial charge in [-0.3, -0.25) is 0 Å². The van der Waals surface area contributed by atoms with E-state index in [9.17, 15) is 13.2 Å². The van der Waals surface area contributed by atoms with Gasteiger partial charge in [0.05, 0.1) is 11.3 Å². The van der Waals surface area contributed by atoms with Crippen molar-refractivity contribution >= 4 is 19.7 Å². The molecule has 0 bridgehead atoms. The number of hydrogen-bond acceptors (Lipinski definition) is 3. The first-order valence-corrected chi connectivity index (χ1v) is 14.7. The lowest BCUT2D eigenvalue weighted by atomic mass is 10.1. The third-order valence-electron chi connectivity index (χ3n) is 6.21. The first kappa shape index (κ1) is 27.4. The molecular weight excluding hydrogens is 479 g/mol. The zero-order chi connectivity index (χ0) is 26.3. The summed E-state index contributed by atoms with van der Waals surface area (Å²) in [5.74, 6) is 3.91. The van der Waals surface area contributed by atoms with Crippen LogP contribution in [0.5, 0.6) is 5.75 Å². The summed E-state index contributed by atoms with van der Waals surface area (Å²) in [6, 6.07) is 15.4. The summed E-state index contributed by atoms with van der Waals surface area (Å²) in [6.45, 7) is 11.6. The Hall–Kier alpha value is -3.21. The van der Waals surface area contributed by atoms with E-state index in [1.807, 2.05) is 30.3 Å². The number of rotatable bonds is 8. The molecule has 0 aliphatic heterocycles. The fourth-order valence-corrected chi connectivity index (χ4v) is 4.16. The van der Waals surface area contributed by atoms with Gasteiger partial charge in [0.15, 0.2) is 20.0 Å². The van der Waals surface area contributed by atoms with Gasteiger partial charge in [0.2, 0.25) is 0 Å². The number of nitrogens with one attached hydrogen (secondary N) is 1. The van der Waals surface area contributed by atoms with Crippen LogP contribution in [0.3, 0.4) is 0 Å². The molecule has 1 N–H and O–H groups in total. The summed E-state index contributed by atoms with van der Waals surface area (Å²) in [5.41, 5.74) is 1.89. The molecule has 0 aliphatic rings. The molecule has 3 aromatic rings. The van der Waals surface area contributed by atoms with E-state index < -0.39 is 25.8 Å². The zero-order valence-corrected chi connectivity index (χ0v) is 22.3. The molecule has 0 heterocycles. The molecule has 190 valence electrons. The Morgan fingerprint density at radius 2 is 1.64 bits per heavy atom. The van der Waals surface area contributed by atoms with Crippen LogP contribution in [0.1, 0.15) is 38.3 Å². The minimum Gasteiger partial charge on any atom is -0.487 e. The molecule has 0 aliphatic carbocycles. The van der Waals surface area contributed by atoms with Crippen LogP contribution >= 0.6 is 0 Å². The molecule has 0 aromatic heterocycles. The lowest BCUT2D eigenvalue weighted by molar-refractivity contribution is 0.296. The highest BCUT2D eigenvalue weighted by Gasteiger charge is 2.36. The summed E-state index contributed by atoms with van der Waals surface area (Å²) in [4.78, 5) is 0. The van der Waals surface area contributed by atoms with Gasteiger partial charge in [-0.15, -0.1) is 0 Å². The second-order valence-corrected chi connectivity index (χ2v) is 14.8. The van der Waals surface area contributed by atoms with Crippen molar-refractivity contribution < 1.29 is 22.3 Å². The number of hydrogen-bond donors (Lipinski definition) is 1. The molecule has 3 aromatic carbocycles. The Balaban J connectivity index is 1.88. The Bertz CT molecular complexity index is 1250. The lowest BCUT2D eigenvalue weighted by Crippen LogP contribution is -2.40. The van der Waals surface area contributed by atoms with Crippen molar-refractivity contribution in [2.45, 2.75) is 51.9 Å². The summed E-state index contributed by atoms with van der Waals surface area (Å²) >= 11 is 0. The molecule has 36 heavy (non-hydrogen) atoms. The van der Waals surface area contributed by atoms with E-state index in [1.54, 1.807) is 0 Å². The molecule has 0 atom stereocenters. The largest absolute Gasteiger partial charge is 0.487 e. The van der Waals surface area contributed by atoms with Gasteiger partial charge < -0.3 is 14.5 Å². The van der Waals surface area contributed by atoms with E-state index in [-0.39, 0.29) is 23.1 Å². The smallest absolute Gasteiger partial charge is 0.192 e. The molecule has 0 fully saturated rings. The quantitative estimate of drug-likeness (QED) is 0.188. The van der Waals surface area contributed by atoms with Gasteiger partial charge in [-0.05, 0) is 41.9 Å². The maximum Gasteiger partial charge on any atom is 0.192 e. The molecule has 0 spiro atoms. The van der Waals surface area contributed by atoms with Crippen LogP contribution in [-0.2, 0) is 11.0 Å². The zero-order valence-electron chi connectivity index (χ0n) is 21.3. The maximum atomic E-state index is 14.5. The predicted molar refractivity (Wildman–Crippen MR) is 141 cm³/mol. The van der Waals surface area contributed by atoms with Crippen molar-refractivity contribution in [3.05, 3.63) is 89.2 Å². The molecule has 3 nitrogen and oxygen atoms in total. The average Bonchev–Trinajstić information content (AvgIpc) is 2.81. The highest BCUT2D eigenvalue weighted by Crippen LogP contribution is 2.36. The van der Waals surface area contributed by atoms with E-state index in [2.05, 4.69) is 51.0 Å². The Morgan fingerprint density at radius 3 is 2.31 bits per heavy atom. The normalized spacial score (nSPS) is 11.6. The fourth-order valence-electron chi connectivity index (χ4n) is 3.11. The number of halogens is 3. The van der Waals surface area contributed by atoms with E-state index in [1.165, 1.54) is 18.2 Å². The third-order valence-corrected chi connectivity index (χ3v) is 10.8. The van der Waals surface area contributed by atoms with Crippen molar-refractivity contribution in [2.75, 3.05) is 11.9 Å². The predicted octanol–water partition coefficient (Wildman–Crippen LogP) is 8.19. The maximum absolute atomic E-state index is 14.5. The molecule has 7 heteroatoms. The van der Waals surface area contributed by atoms with Crippen molar-refractivity contribution in [3.8, 4) is 17.6 Å². The van der Waals surface area contributed by atoms with Gasteiger partial charge in [0, 0.05) is 30.8 Å². The van der Waals surface area contributed by atoms with E-state index in [4.69, 9.17) is 9.16 Å². The minimum absolute atomic E-state index is 0.0946. The van der Waals surface area contributed by atoms with Gasteiger partial charge in [-0.1, -0.05) is 62.9 Å². The van der Waals surface area contributed by atoms with Gasteiger partial charge >= 0.3 is 0 Å². The monoisotopic (exact) mass is 511 g/mol. The summed E-state index contributed by atoms with van der Waals surface area (Å²) in [5, 5.41) is 3.05. The highest BCUT2D eigenvalue weighted by molar-refractivity contribution is 6.74. The van der Waals surface area contributed by atoms with Crippen molar-refractivity contribution in [1.29, 1.82) is 0 Å². The lowest BCUT2D eigenvalue weighted by Gasteiger charge is -2.35. The van der Waals surface area contributed by atoms with Gasteiger partial charge in [0.25, 0.3) is 0 Å². The van der Waals surface area contributed by atoms with Gasteiger partial charge in [-0.25, -0.2) is 13.2 Å². The average molecular weight is 512 g/mol. The number of ether oxygens (including phenoxy) is 1. The van der Waals surface area contributed by atoms with Crippen molar-refractivity contribution in [2.24, 2.45) is 0 Å². The summed E-state index contributed by atoms with van der Waals surface area (Å²) in [6.07, 6.45) is 0.479. The van der Waals surface area contributed by atoms with Crippen LogP contribution in [0.2, 0.25) is 18.1 Å². The molecule has 3 rings (SSSR count). The molecular formula is C29H32F3NO2Si. The minimum atomic E-state index is -1.90. The standard InChI is InChI=1S/C29H32F3NO2Si/c1-29(2,3)36(4,5)35-16-10-9-13-24-27(33-23-14-15-25(31)26(32)19-23)17-22(30)18-28(24)34-20-21-11-7-6-8-12-21/h6-8,11-12,14-15,17-19,33H,10,16,20H2,1-5H3. The first-order valence-electron chi connectivity index (χ1n) is 11.8. The molecule has 0 saturated carbocycles. The fraction of sp³-hybridized carbons (Fsp3) is 0.310. The second-order valence-electron chi connectivity index (χ2n) is 10.0. The SMILES string of the molecule is CC(C)(C)[Si](C)(C)OCCC#Cc1c(Nc2ccc(F)c(F)c2)cc(F)cc1OCc1ccccc1. The van der Waals surface area contributed by atoms with E-state index in [0.29, 0.717) is 24.3 Å². The Morgan fingerprint density at radius 1 is 0.917 bits per heavy atom. The van der Waals surface area contributed by atoms with Crippen LogP contribution in [0.15, 0.2) is 60.7 Å². The van der Waals surface area contributed by atoms with Crippen molar-refractivity contribution in [3.63, 3.8) is 0 Å². The molecule has 0 saturated heterocycles. The van der Waals surface area contributed by atoms with Crippen LogP contribution in [0.25, 0.3) is 0 Å². The molecule has 0 unspecified atom stereocenters. The summed E-state index contributed by atoms with van der Waals surface area (Å²) < 4.78 is 53.8. The Labute approximate surface area is 212 Å². The third kappa shape index (κ3) is 7.39. The van der Waals surface area contributed by atoms with E-state index >= 15 is 0 Å². The summed E-state index contributed by atoms with van der Waals surface area (Å²) in [7, 11) is -1.90. The second kappa shape index (κ2) is 11.7. The van der Waals surface area contributed by atoms with Crippen LogP contribution < -0.4 is 10.1 Å². The van der Waals surface area contributed by atoms with Crippen LogP contribution in [-0.4, -0.2) is 14.9 Å². The number of benzene rings is 3. The number of anilines is 2. The first-order chi connectivity index (χ1) is 17.0. The van der Waals surface area contributed by atoms with Gasteiger partial charge in [0.1, 0.15) is 18.2 Å². The van der Waals surface area contributed by atoms with Gasteiger partial charge in [-0.2, -0.15) is 0 Å². The highest BCUT2D eigenvalue weighted by atomic mass is 28.4. The molecule has 0 amide bonds. The van der Waals surface area contributed by atoms with Crippen molar-refractivity contribution in [1.82, 2.24) is 0 Å². The topological polar surface area (TPSA) is 30.5 Å². The molecule has 0 radical (unpaired) electrons. The Kier molecular flexibility index (Phi) is 8.88. The van der Waals surface area contributed by atoms with Crippen LogP contribution in [0, 0.1) is 29.3 Å².